The second-order valence-electron chi connectivity index (χ2n) is 10.1. The number of rotatable bonds is 2. The van der Waals surface area contributed by atoms with Crippen LogP contribution in [0.15, 0.2) is 0 Å². The maximum Gasteiger partial charge on any atom is 0.222 e. The average molecular weight is 364 g/mol. The Kier molecular flexibility index (Phi) is 4.49. The van der Waals surface area contributed by atoms with Crippen molar-refractivity contribution in [1.82, 2.24) is 4.90 Å². The van der Waals surface area contributed by atoms with Crippen LogP contribution in [0.25, 0.3) is 0 Å². The SMILES string of the molecule is CCS[C@@H]1[C@H](C)[C@H]2[C@@H]3CCC[C@@]3(C)CC[C@@H]2[C@@]2(C)CCC(=O)N(C)[C@H]12. The summed E-state index contributed by atoms with van der Waals surface area (Å²) < 4.78 is 0. The molecule has 1 amide bonds. The standard InChI is InChI=1S/C22H37NOS/c1-6-25-19-14(2)18-15-8-7-11-21(15,3)12-9-16(18)22(4)13-10-17(24)23(5)20(19)22/h14-16,18-20H,6-13H2,1-5H3/t14-,15+,16+,18+,19-,20-,21+,22-/m1/s1. The summed E-state index contributed by atoms with van der Waals surface area (Å²) in [6, 6.07) is 0.445. The molecule has 3 saturated carbocycles. The molecular weight excluding hydrogens is 326 g/mol. The molecule has 25 heavy (non-hydrogen) atoms. The van der Waals surface area contributed by atoms with Gasteiger partial charge in [0.15, 0.2) is 0 Å². The summed E-state index contributed by atoms with van der Waals surface area (Å²) in [7, 11) is 2.10. The van der Waals surface area contributed by atoms with Gasteiger partial charge in [0.25, 0.3) is 0 Å². The van der Waals surface area contributed by atoms with Crippen LogP contribution in [0.2, 0.25) is 0 Å². The number of carbonyl (C=O) groups excluding carboxylic acids is 1. The molecule has 3 heteroatoms. The topological polar surface area (TPSA) is 20.3 Å². The lowest BCUT2D eigenvalue weighted by atomic mass is 9.45. The molecule has 142 valence electrons. The summed E-state index contributed by atoms with van der Waals surface area (Å²) in [5, 5.41) is 0.619. The molecule has 0 unspecified atom stereocenters. The van der Waals surface area contributed by atoms with E-state index in [1.54, 1.807) is 0 Å². The fraction of sp³-hybridized carbons (Fsp3) is 0.955. The van der Waals surface area contributed by atoms with Crippen molar-refractivity contribution in [3.63, 3.8) is 0 Å². The van der Waals surface area contributed by atoms with Crippen molar-refractivity contribution in [3.05, 3.63) is 0 Å². The van der Waals surface area contributed by atoms with E-state index in [1.807, 2.05) is 0 Å². The van der Waals surface area contributed by atoms with E-state index in [4.69, 9.17) is 0 Å². The third-order valence-electron chi connectivity index (χ3n) is 9.12. The molecule has 4 rings (SSSR count). The van der Waals surface area contributed by atoms with Gasteiger partial charge in [0.05, 0.1) is 0 Å². The van der Waals surface area contributed by atoms with Crippen molar-refractivity contribution in [2.45, 2.75) is 83.9 Å². The normalized spacial score (nSPS) is 52.5. The lowest BCUT2D eigenvalue weighted by Crippen LogP contribution is -2.67. The van der Waals surface area contributed by atoms with Crippen molar-refractivity contribution in [1.29, 1.82) is 0 Å². The fourth-order valence-corrected chi connectivity index (χ4v) is 9.47. The molecule has 1 aliphatic heterocycles. The second kappa shape index (κ2) is 6.17. The minimum atomic E-state index is 0.330. The molecule has 0 radical (unpaired) electrons. The van der Waals surface area contributed by atoms with Crippen LogP contribution in [0.5, 0.6) is 0 Å². The van der Waals surface area contributed by atoms with Crippen LogP contribution in [0.4, 0.5) is 0 Å². The molecule has 0 aromatic heterocycles. The fourth-order valence-electron chi connectivity index (χ4n) is 7.93. The number of hydrogen-bond donors (Lipinski definition) is 0. The van der Waals surface area contributed by atoms with Gasteiger partial charge in [0.1, 0.15) is 0 Å². The van der Waals surface area contributed by atoms with Crippen LogP contribution in [-0.2, 0) is 4.79 Å². The predicted octanol–water partition coefficient (Wildman–Crippen LogP) is 5.22. The average Bonchev–Trinajstić information content (AvgIpc) is 2.97. The monoisotopic (exact) mass is 363 g/mol. The number of carbonyl (C=O) groups is 1. The molecule has 3 aliphatic carbocycles. The highest BCUT2D eigenvalue weighted by Gasteiger charge is 2.63. The molecule has 4 aliphatic rings. The Bertz CT molecular complexity index is 550. The molecule has 2 nitrogen and oxygen atoms in total. The summed E-state index contributed by atoms with van der Waals surface area (Å²) in [5.41, 5.74) is 0.938. The second-order valence-corrected chi connectivity index (χ2v) is 11.6. The number of piperidine rings is 1. The molecule has 1 saturated heterocycles. The molecule has 0 N–H and O–H groups in total. The molecule has 4 fully saturated rings. The Morgan fingerprint density at radius 1 is 1.16 bits per heavy atom. The third-order valence-corrected chi connectivity index (χ3v) is 10.5. The molecule has 8 atom stereocenters. The summed E-state index contributed by atoms with van der Waals surface area (Å²) >= 11 is 2.15. The van der Waals surface area contributed by atoms with Crippen molar-refractivity contribution in [2.75, 3.05) is 12.8 Å². The summed E-state index contributed by atoms with van der Waals surface area (Å²) in [6.45, 7) is 10.00. The van der Waals surface area contributed by atoms with Crippen LogP contribution in [0.3, 0.4) is 0 Å². The molecular formula is C22H37NOS. The molecule has 0 aromatic carbocycles. The minimum Gasteiger partial charge on any atom is -0.341 e. The van der Waals surface area contributed by atoms with Gasteiger partial charge in [-0.2, -0.15) is 11.8 Å². The van der Waals surface area contributed by atoms with E-state index in [2.05, 4.69) is 51.4 Å². The highest BCUT2D eigenvalue weighted by atomic mass is 32.2. The zero-order valence-electron chi connectivity index (χ0n) is 16.9. The van der Waals surface area contributed by atoms with Gasteiger partial charge in [-0.25, -0.2) is 0 Å². The first-order valence-corrected chi connectivity index (χ1v) is 11.8. The van der Waals surface area contributed by atoms with Gasteiger partial charge in [-0.15, -0.1) is 0 Å². The van der Waals surface area contributed by atoms with E-state index in [0.717, 1.165) is 36.5 Å². The highest BCUT2D eigenvalue weighted by Crippen LogP contribution is 2.67. The van der Waals surface area contributed by atoms with Crippen LogP contribution >= 0.6 is 11.8 Å². The van der Waals surface area contributed by atoms with E-state index in [0.29, 0.717) is 28.0 Å². The smallest absolute Gasteiger partial charge is 0.222 e. The maximum atomic E-state index is 12.6. The quantitative estimate of drug-likeness (QED) is 0.670. The zero-order chi connectivity index (χ0) is 18.0. The van der Waals surface area contributed by atoms with E-state index >= 15 is 0 Å². The van der Waals surface area contributed by atoms with Crippen molar-refractivity contribution in [2.24, 2.45) is 34.5 Å². The molecule has 0 bridgehead atoms. The van der Waals surface area contributed by atoms with Crippen LogP contribution < -0.4 is 0 Å². The number of thioether (sulfide) groups is 1. The summed E-state index contributed by atoms with van der Waals surface area (Å²) in [6.07, 6.45) is 9.09. The van der Waals surface area contributed by atoms with Crippen LogP contribution in [0.1, 0.15) is 72.6 Å². The van der Waals surface area contributed by atoms with Gasteiger partial charge in [0.2, 0.25) is 5.91 Å². The van der Waals surface area contributed by atoms with Gasteiger partial charge in [-0.05, 0) is 72.4 Å². The Morgan fingerprint density at radius 2 is 1.92 bits per heavy atom. The number of nitrogens with zero attached hydrogens (tertiary/aromatic N) is 1. The van der Waals surface area contributed by atoms with E-state index < -0.39 is 0 Å². The Balaban J connectivity index is 1.76. The van der Waals surface area contributed by atoms with Crippen molar-refractivity contribution >= 4 is 17.7 Å². The van der Waals surface area contributed by atoms with E-state index in [-0.39, 0.29) is 0 Å². The van der Waals surface area contributed by atoms with Gasteiger partial charge >= 0.3 is 0 Å². The molecule has 1 heterocycles. The van der Waals surface area contributed by atoms with Crippen molar-refractivity contribution in [3.8, 4) is 0 Å². The minimum absolute atomic E-state index is 0.330. The highest BCUT2D eigenvalue weighted by molar-refractivity contribution is 7.99. The first kappa shape index (κ1) is 18.2. The summed E-state index contributed by atoms with van der Waals surface area (Å²) in [4.78, 5) is 14.7. The maximum absolute atomic E-state index is 12.6. The predicted molar refractivity (Wildman–Crippen MR) is 107 cm³/mol. The van der Waals surface area contributed by atoms with Crippen LogP contribution in [0, 0.1) is 34.5 Å². The van der Waals surface area contributed by atoms with Crippen molar-refractivity contribution < 1.29 is 4.79 Å². The number of hydrogen-bond acceptors (Lipinski definition) is 2. The Morgan fingerprint density at radius 3 is 2.64 bits per heavy atom. The first-order valence-electron chi connectivity index (χ1n) is 10.7. The molecule has 0 spiro atoms. The number of fused-ring (bicyclic) bond motifs is 5. The van der Waals surface area contributed by atoms with Gasteiger partial charge < -0.3 is 4.90 Å². The lowest BCUT2D eigenvalue weighted by molar-refractivity contribution is -0.162. The van der Waals surface area contributed by atoms with Gasteiger partial charge in [-0.1, -0.05) is 34.1 Å². The lowest BCUT2D eigenvalue weighted by Gasteiger charge is -2.65. The zero-order valence-corrected chi connectivity index (χ0v) is 17.7. The third kappa shape index (κ3) is 2.47. The van der Waals surface area contributed by atoms with Crippen LogP contribution in [-0.4, -0.2) is 34.9 Å². The van der Waals surface area contributed by atoms with E-state index in [1.165, 1.54) is 37.9 Å². The van der Waals surface area contributed by atoms with E-state index in [9.17, 15) is 4.79 Å². The number of likely N-dealkylation sites (tertiary alicyclic amines) is 1. The van der Waals surface area contributed by atoms with Gasteiger partial charge in [-0.3, -0.25) is 4.79 Å². The van der Waals surface area contributed by atoms with Gasteiger partial charge in [0, 0.05) is 24.8 Å². The first-order chi connectivity index (χ1) is 11.8. The Hall–Kier alpha value is -0.180. The summed E-state index contributed by atoms with van der Waals surface area (Å²) in [5.74, 6) is 4.94. The molecule has 0 aromatic rings. The Labute approximate surface area is 158 Å². The largest absolute Gasteiger partial charge is 0.341 e. The number of amides is 1.